The molecule has 0 aliphatic carbocycles. The summed E-state index contributed by atoms with van der Waals surface area (Å²) in [5.74, 6) is -0.161. The third kappa shape index (κ3) is 5.81. The Balaban J connectivity index is 1.85. The average Bonchev–Trinajstić information content (AvgIpc) is 3.06. The van der Waals surface area contributed by atoms with Crippen molar-refractivity contribution in [2.24, 2.45) is 0 Å². The summed E-state index contributed by atoms with van der Waals surface area (Å²) in [4.78, 5) is 25.1. The van der Waals surface area contributed by atoms with Crippen molar-refractivity contribution in [2.75, 3.05) is 26.0 Å². The van der Waals surface area contributed by atoms with Crippen LogP contribution >= 0.6 is 23.4 Å². The van der Waals surface area contributed by atoms with Crippen LogP contribution in [0.25, 0.3) is 0 Å². The number of aryl methyl sites for hydroxylation is 1. The number of alkyl halides is 3. The minimum absolute atomic E-state index is 0.102. The molecule has 0 N–H and O–H groups in total. The monoisotopic (exact) mass is 409 g/mol. The van der Waals surface area contributed by atoms with Crippen molar-refractivity contribution in [3.8, 4) is 0 Å². The highest BCUT2D eigenvalue weighted by molar-refractivity contribution is 8.00. The fourth-order valence-corrected chi connectivity index (χ4v) is 3.96. The van der Waals surface area contributed by atoms with E-state index in [1.165, 1.54) is 31.0 Å². The van der Waals surface area contributed by atoms with Crippen molar-refractivity contribution in [2.45, 2.75) is 30.7 Å². The van der Waals surface area contributed by atoms with Gasteiger partial charge in [0.2, 0.25) is 5.91 Å². The number of halogens is 4. The molecule has 1 aliphatic heterocycles. The molecule has 0 spiro atoms. The van der Waals surface area contributed by atoms with E-state index in [1.54, 1.807) is 4.90 Å². The molecule has 0 bridgehead atoms. The fourth-order valence-electron chi connectivity index (χ4n) is 2.69. The maximum Gasteiger partial charge on any atom is 0.417 e. The number of carbonyl (C=O) groups excluding carboxylic acids is 2. The van der Waals surface area contributed by atoms with E-state index in [0.717, 1.165) is 12.5 Å². The summed E-state index contributed by atoms with van der Waals surface area (Å²) in [6, 6.07) is 3.71. The number of likely N-dealkylation sites (tertiary alicyclic amines) is 1. The zero-order valence-electron chi connectivity index (χ0n) is 14.1. The molecular weight excluding hydrogens is 391 g/mol. The molecule has 0 radical (unpaired) electrons. The van der Waals surface area contributed by atoms with Crippen molar-refractivity contribution in [3.05, 3.63) is 34.3 Å². The number of hydrogen-bond donors (Lipinski definition) is 0. The van der Waals surface area contributed by atoms with Gasteiger partial charge in [-0.25, -0.2) is 0 Å². The Morgan fingerprint density at radius 1 is 1.38 bits per heavy atom. The molecule has 1 heterocycles. The standard InChI is InChI=1S/C17H19ClF3NO3S/c1-25-16(24)10-26-12-6-7-22(9-12)15(23)5-3-11-2-4-14(18)13(8-11)17(19,20)21/h2,4,8,12H,3,5-7,9-10H2,1H3/t12-/m1/s1. The highest BCUT2D eigenvalue weighted by Crippen LogP contribution is 2.35. The van der Waals surface area contributed by atoms with Crippen molar-refractivity contribution >= 4 is 35.2 Å². The minimum Gasteiger partial charge on any atom is -0.468 e. The second kappa shape index (κ2) is 8.99. The van der Waals surface area contributed by atoms with Gasteiger partial charge in [0.25, 0.3) is 0 Å². The highest BCUT2D eigenvalue weighted by atomic mass is 35.5. The summed E-state index contributed by atoms with van der Waals surface area (Å²) in [7, 11) is 1.33. The molecule has 1 saturated heterocycles. The van der Waals surface area contributed by atoms with Crippen LogP contribution in [0.1, 0.15) is 24.0 Å². The molecule has 1 aromatic carbocycles. The van der Waals surface area contributed by atoms with Crippen LogP contribution in [0, 0.1) is 0 Å². The summed E-state index contributed by atoms with van der Waals surface area (Å²) in [6.07, 6.45) is -3.38. The molecule has 2 rings (SSSR count). The van der Waals surface area contributed by atoms with Gasteiger partial charge in [-0.3, -0.25) is 9.59 Å². The maximum atomic E-state index is 12.9. The van der Waals surface area contributed by atoms with Gasteiger partial charge in [0.1, 0.15) is 0 Å². The number of carbonyl (C=O) groups is 2. The number of rotatable bonds is 6. The summed E-state index contributed by atoms with van der Waals surface area (Å²) in [5, 5.41) is -0.178. The smallest absolute Gasteiger partial charge is 0.417 e. The lowest BCUT2D eigenvalue weighted by Gasteiger charge is -2.17. The number of methoxy groups -OCH3 is 1. The first kappa shape index (κ1) is 20.9. The van der Waals surface area contributed by atoms with Gasteiger partial charge in [-0.05, 0) is 30.5 Å². The molecule has 144 valence electrons. The second-order valence-electron chi connectivity index (χ2n) is 5.95. The van der Waals surface area contributed by atoms with E-state index in [9.17, 15) is 22.8 Å². The highest BCUT2D eigenvalue weighted by Gasteiger charge is 2.33. The first-order valence-corrected chi connectivity index (χ1v) is 9.45. The largest absolute Gasteiger partial charge is 0.468 e. The van der Waals surface area contributed by atoms with Crippen molar-refractivity contribution < 1.29 is 27.5 Å². The number of esters is 1. The van der Waals surface area contributed by atoms with Crippen LogP contribution < -0.4 is 0 Å². The van der Waals surface area contributed by atoms with E-state index >= 15 is 0 Å². The molecule has 9 heteroatoms. The molecule has 1 fully saturated rings. The first-order chi connectivity index (χ1) is 12.2. The molecular formula is C17H19ClF3NO3S. The van der Waals surface area contributed by atoms with E-state index < -0.39 is 11.7 Å². The molecule has 4 nitrogen and oxygen atoms in total. The third-order valence-electron chi connectivity index (χ3n) is 4.13. The zero-order chi connectivity index (χ0) is 19.3. The SMILES string of the molecule is COC(=O)CS[C@@H]1CCN(C(=O)CCc2ccc(Cl)c(C(F)(F)F)c2)C1. The number of thioether (sulfide) groups is 1. The van der Waals surface area contributed by atoms with Crippen LogP contribution in [-0.4, -0.2) is 48.0 Å². The Kier molecular flexibility index (Phi) is 7.23. The normalized spacial score (nSPS) is 17.4. The fraction of sp³-hybridized carbons (Fsp3) is 0.529. The van der Waals surface area contributed by atoms with Gasteiger partial charge in [0, 0.05) is 24.8 Å². The Hall–Kier alpha value is -1.41. The van der Waals surface area contributed by atoms with E-state index in [0.29, 0.717) is 18.7 Å². The number of ether oxygens (including phenoxy) is 1. The topological polar surface area (TPSA) is 46.6 Å². The van der Waals surface area contributed by atoms with Gasteiger partial charge in [-0.1, -0.05) is 17.7 Å². The lowest BCUT2D eigenvalue weighted by Crippen LogP contribution is -2.29. The molecule has 1 amide bonds. The maximum absolute atomic E-state index is 12.9. The molecule has 1 atom stereocenters. The van der Waals surface area contributed by atoms with Crippen LogP contribution in [0.4, 0.5) is 13.2 Å². The second-order valence-corrected chi connectivity index (χ2v) is 7.65. The molecule has 0 unspecified atom stereocenters. The summed E-state index contributed by atoms with van der Waals surface area (Å²) in [6.45, 7) is 1.13. The molecule has 26 heavy (non-hydrogen) atoms. The predicted molar refractivity (Wildman–Crippen MR) is 94.2 cm³/mol. The lowest BCUT2D eigenvalue weighted by molar-refractivity contribution is -0.138. The molecule has 0 saturated carbocycles. The Labute approximate surface area is 159 Å². The Bertz CT molecular complexity index is 669. The minimum atomic E-state index is -4.52. The first-order valence-electron chi connectivity index (χ1n) is 8.02. The summed E-state index contributed by atoms with van der Waals surface area (Å²) >= 11 is 7.05. The van der Waals surface area contributed by atoms with E-state index in [1.807, 2.05) is 0 Å². The van der Waals surface area contributed by atoms with Crippen LogP contribution in [0.2, 0.25) is 5.02 Å². The van der Waals surface area contributed by atoms with Gasteiger partial charge in [-0.15, -0.1) is 11.8 Å². The summed E-state index contributed by atoms with van der Waals surface area (Å²) < 4.78 is 43.2. The van der Waals surface area contributed by atoms with Gasteiger partial charge in [0.05, 0.1) is 23.4 Å². The number of amides is 1. The van der Waals surface area contributed by atoms with Crippen LogP contribution in [0.5, 0.6) is 0 Å². The summed E-state index contributed by atoms with van der Waals surface area (Å²) in [5.41, 5.74) is -0.463. The van der Waals surface area contributed by atoms with Gasteiger partial charge >= 0.3 is 12.1 Å². The van der Waals surface area contributed by atoms with Crippen molar-refractivity contribution in [3.63, 3.8) is 0 Å². The average molecular weight is 410 g/mol. The lowest BCUT2D eigenvalue weighted by atomic mass is 10.1. The number of hydrogen-bond acceptors (Lipinski definition) is 4. The predicted octanol–water partition coefficient (Wildman–Crippen LogP) is 3.80. The van der Waals surface area contributed by atoms with E-state index in [4.69, 9.17) is 11.6 Å². The van der Waals surface area contributed by atoms with Crippen LogP contribution in [0.3, 0.4) is 0 Å². The van der Waals surface area contributed by atoms with E-state index in [-0.39, 0.29) is 40.7 Å². The molecule has 1 aliphatic rings. The Morgan fingerprint density at radius 3 is 2.77 bits per heavy atom. The Morgan fingerprint density at radius 2 is 2.12 bits per heavy atom. The molecule has 1 aromatic rings. The van der Waals surface area contributed by atoms with Gasteiger partial charge < -0.3 is 9.64 Å². The van der Waals surface area contributed by atoms with Crippen LogP contribution in [-0.2, 0) is 26.9 Å². The van der Waals surface area contributed by atoms with Gasteiger partial charge in [0.15, 0.2) is 0 Å². The third-order valence-corrected chi connectivity index (χ3v) is 5.71. The zero-order valence-corrected chi connectivity index (χ0v) is 15.7. The van der Waals surface area contributed by atoms with Gasteiger partial charge in [-0.2, -0.15) is 13.2 Å². The van der Waals surface area contributed by atoms with Crippen molar-refractivity contribution in [1.29, 1.82) is 0 Å². The van der Waals surface area contributed by atoms with Crippen LogP contribution in [0.15, 0.2) is 18.2 Å². The number of nitrogens with zero attached hydrogens (tertiary/aromatic N) is 1. The molecule has 0 aromatic heterocycles. The quantitative estimate of drug-likeness (QED) is 0.670. The number of benzene rings is 1. The van der Waals surface area contributed by atoms with E-state index in [2.05, 4.69) is 4.74 Å². The van der Waals surface area contributed by atoms with Crippen molar-refractivity contribution in [1.82, 2.24) is 4.90 Å².